The zero-order valence-electron chi connectivity index (χ0n) is 18.6. The van der Waals surface area contributed by atoms with E-state index in [1.54, 1.807) is 4.90 Å². The number of carbonyl (C=O) groups excluding carboxylic acids is 2. The third-order valence-electron chi connectivity index (χ3n) is 6.08. The van der Waals surface area contributed by atoms with Crippen LogP contribution in [0.25, 0.3) is 0 Å². The largest absolute Gasteiger partial charge is 0.492 e. The molecule has 0 aromatic heterocycles. The van der Waals surface area contributed by atoms with E-state index in [-0.39, 0.29) is 11.8 Å². The van der Waals surface area contributed by atoms with E-state index in [0.717, 1.165) is 62.3 Å². The highest BCUT2D eigenvalue weighted by Gasteiger charge is 2.24. The normalized spacial score (nSPS) is 18.5. The maximum absolute atomic E-state index is 12.6. The van der Waals surface area contributed by atoms with Gasteiger partial charge in [-0.15, -0.1) is 0 Å². The first-order valence-electron chi connectivity index (χ1n) is 11.4. The highest BCUT2D eigenvalue weighted by Crippen LogP contribution is 2.16. The van der Waals surface area contributed by atoms with Gasteiger partial charge in [0.15, 0.2) is 0 Å². The van der Waals surface area contributed by atoms with Gasteiger partial charge < -0.3 is 14.5 Å². The zero-order chi connectivity index (χ0) is 22.1. The summed E-state index contributed by atoms with van der Waals surface area (Å²) in [5, 5.41) is 0. The van der Waals surface area contributed by atoms with Crippen LogP contribution in [0, 0.1) is 0 Å². The van der Waals surface area contributed by atoms with Crippen LogP contribution in [0.2, 0.25) is 0 Å². The quantitative estimate of drug-likeness (QED) is 0.554. The highest BCUT2D eigenvalue weighted by atomic mass is 79.9. The van der Waals surface area contributed by atoms with Gasteiger partial charge in [-0.05, 0) is 37.1 Å². The molecule has 2 aliphatic rings. The van der Waals surface area contributed by atoms with Gasteiger partial charge in [0.2, 0.25) is 11.8 Å². The van der Waals surface area contributed by atoms with Gasteiger partial charge in [0.1, 0.15) is 12.4 Å². The van der Waals surface area contributed by atoms with Crippen molar-refractivity contribution in [1.29, 1.82) is 0 Å². The molecule has 31 heavy (non-hydrogen) atoms. The number of piperazine rings is 1. The third kappa shape index (κ3) is 8.09. The van der Waals surface area contributed by atoms with Crippen LogP contribution in [0.15, 0.2) is 28.7 Å². The molecule has 2 fully saturated rings. The van der Waals surface area contributed by atoms with E-state index < -0.39 is 0 Å². The molecule has 0 unspecified atom stereocenters. The first-order chi connectivity index (χ1) is 15.0. The molecule has 0 spiro atoms. The van der Waals surface area contributed by atoms with Crippen LogP contribution >= 0.6 is 15.9 Å². The first kappa shape index (κ1) is 24.0. The summed E-state index contributed by atoms with van der Waals surface area (Å²) in [5.41, 5.74) is 0. The summed E-state index contributed by atoms with van der Waals surface area (Å²) in [6.07, 6.45) is 4.73. The number of hydrogen-bond donors (Lipinski definition) is 0. The third-order valence-corrected chi connectivity index (χ3v) is 6.60. The lowest BCUT2D eigenvalue weighted by Gasteiger charge is -2.35. The predicted octanol–water partition coefficient (Wildman–Crippen LogP) is 2.31. The smallest absolute Gasteiger partial charge is 0.236 e. The number of ether oxygens (including phenoxy) is 1. The summed E-state index contributed by atoms with van der Waals surface area (Å²) in [4.78, 5) is 33.3. The molecule has 2 saturated heterocycles. The second kappa shape index (κ2) is 12.4. The summed E-state index contributed by atoms with van der Waals surface area (Å²) in [7, 11) is 1.82. The van der Waals surface area contributed by atoms with E-state index in [9.17, 15) is 9.59 Å². The minimum absolute atomic E-state index is 0.105. The molecule has 2 amide bonds. The molecule has 7 nitrogen and oxygen atoms in total. The molecule has 2 heterocycles. The van der Waals surface area contributed by atoms with Crippen molar-refractivity contribution in [1.82, 2.24) is 19.6 Å². The van der Waals surface area contributed by atoms with Crippen molar-refractivity contribution in [2.24, 2.45) is 0 Å². The van der Waals surface area contributed by atoms with Crippen LogP contribution in [0.4, 0.5) is 0 Å². The number of rotatable bonds is 8. The van der Waals surface area contributed by atoms with Crippen LogP contribution in [-0.4, -0.2) is 104 Å². The van der Waals surface area contributed by atoms with E-state index in [4.69, 9.17) is 4.74 Å². The van der Waals surface area contributed by atoms with Gasteiger partial charge in [-0.25, -0.2) is 0 Å². The average Bonchev–Trinajstić information content (AvgIpc) is 3.06. The maximum atomic E-state index is 12.6. The minimum atomic E-state index is 0.105. The summed E-state index contributed by atoms with van der Waals surface area (Å²) >= 11 is 3.40. The lowest BCUT2D eigenvalue weighted by atomic mass is 10.2. The fraction of sp³-hybridized carbons (Fsp3) is 0.652. The Morgan fingerprint density at radius 2 is 1.48 bits per heavy atom. The lowest BCUT2D eigenvalue weighted by Crippen LogP contribution is -2.52. The molecule has 172 valence electrons. The van der Waals surface area contributed by atoms with Crippen LogP contribution in [0.3, 0.4) is 0 Å². The highest BCUT2D eigenvalue weighted by molar-refractivity contribution is 9.10. The van der Waals surface area contributed by atoms with Gasteiger partial charge in [-0.2, -0.15) is 0 Å². The number of halogens is 1. The van der Waals surface area contributed by atoms with Crippen molar-refractivity contribution < 1.29 is 14.3 Å². The molecule has 0 aliphatic carbocycles. The Bertz CT molecular complexity index is 699. The van der Waals surface area contributed by atoms with E-state index in [2.05, 4.69) is 25.7 Å². The van der Waals surface area contributed by atoms with Crippen molar-refractivity contribution in [2.75, 3.05) is 72.6 Å². The molecular weight excluding hydrogens is 460 g/mol. The average molecular weight is 495 g/mol. The molecular formula is C23H35BrN4O3. The fourth-order valence-electron chi connectivity index (χ4n) is 3.98. The van der Waals surface area contributed by atoms with Crippen LogP contribution in [-0.2, 0) is 9.59 Å². The van der Waals surface area contributed by atoms with Crippen LogP contribution < -0.4 is 4.74 Å². The lowest BCUT2D eigenvalue weighted by molar-refractivity contribution is -0.134. The summed E-state index contributed by atoms with van der Waals surface area (Å²) in [5.74, 6) is 1.17. The Balaban J connectivity index is 1.31. The van der Waals surface area contributed by atoms with Crippen molar-refractivity contribution in [2.45, 2.75) is 25.7 Å². The van der Waals surface area contributed by atoms with Gasteiger partial charge >= 0.3 is 0 Å². The fourth-order valence-corrected chi connectivity index (χ4v) is 4.25. The Morgan fingerprint density at radius 3 is 2.10 bits per heavy atom. The number of likely N-dealkylation sites (tertiary alicyclic amines) is 1. The molecule has 8 heteroatoms. The molecule has 0 saturated carbocycles. The molecule has 1 aromatic rings. The molecule has 2 aliphatic heterocycles. The Hall–Kier alpha value is -1.64. The van der Waals surface area contributed by atoms with Crippen LogP contribution in [0.5, 0.6) is 5.75 Å². The molecule has 0 radical (unpaired) electrons. The number of benzene rings is 1. The van der Waals surface area contributed by atoms with Crippen LogP contribution in [0.1, 0.15) is 25.7 Å². The minimum Gasteiger partial charge on any atom is -0.492 e. The number of amides is 2. The standard InChI is InChI=1S/C23H35BrN4O3/c1-25(16-17-31-21-8-6-20(24)7-9-21)22(29)18-26-12-14-27(15-13-26)19-23(30)28-10-4-2-3-5-11-28/h6-9H,2-5,10-19H2,1H3. The molecule has 0 bridgehead atoms. The molecule has 0 N–H and O–H groups in total. The number of carbonyl (C=O) groups is 2. The Labute approximate surface area is 194 Å². The van der Waals surface area contributed by atoms with E-state index in [1.165, 1.54) is 12.8 Å². The zero-order valence-corrected chi connectivity index (χ0v) is 20.2. The van der Waals surface area contributed by atoms with Crippen molar-refractivity contribution in [3.05, 3.63) is 28.7 Å². The van der Waals surface area contributed by atoms with E-state index in [1.807, 2.05) is 36.2 Å². The molecule has 3 rings (SSSR count). The van der Waals surface area contributed by atoms with Gasteiger partial charge in [-0.3, -0.25) is 19.4 Å². The summed E-state index contributed by atoms with van der Waals surface area (Å²) in [6.45, 7) is 7.08. The maximum Gasteiger partial charge on any atom is 0.236 e. The van der Waals surface area contributed by atoms with Crippen molar-refractivity contribution in [3.8, 4) is 5.75 Å². The summed E-state index contributed by atoms with van der Waals surface area (Å²) in [6, 6.07) is 7.68. The van der Waals surface area contributed by atoms with Gasteiger partial charge in [0, 0.05) is 50.8 Å². The molecule has 1 aromatic carbocycles. The van der Waals surface area contributed by atoms with Crippen molar-refractivity contribution in [3.63, 3.8) is 0 Å². The first-order valence-corrected chi connectivity index (χ1v) is 12.2. The van der Waals surface area contributed by atoms with E-state index in [0.29, 0.717) is 26.2 Å². The monoisotopic (exact) mass is 494 g/mol. The molecule has 0 atom stereocenters. The summed E-state index contributed by atoms with van der Waals surface area (Å²) < 4.78 is 6.72. The second-order valence-corrected chi connectivity index (χ2v) is 9.38. The number of hydrogen-bond acceptors (Lipinski definition) is 5. The second-order valence-electron chi connectivity index (χ2n) is 8.46. The SMILES string of the molecule is CN(CCOc1ccc(Br)cc1)C(=O)CN1CCN(CC(=O)N2CCCCCC2)CC1. The van der Waals surface area contributed by atoms with E-state index >= 15 is 0 Å². The number of likely N-dealkylation sites (N-methyl/N-ethyl adjacent to an activating group) is 1. The van der Waals surface area contributed by atoms with Gasteiger partial charge in [0.25, 0.3) is 0 Å². The Morgan fingerprint density at radius 1 is 0.903 bits per heavy atom. The van der Waals surface area contributed by atoms with Crippen molar-refractivity contribution >= 4 is 27.7 Å². The number of nitrogens with zero attached hydrogens (tertiary/aromatic N) is 4. The Kier molecular flexibility index (Phi) is 9.61. The predicted molar refractivity (Wildman–Crippen MR) is 125 cm³/mol. The van der Waals surface area contributed by atoms with Gasteiger partial charge in [0.05, 0.1) is 19.6 Å². The van der Waals surface area contributed by atoms with Gasteiger partial charge in [-0.1, -0.05) is 28.8 Å². The topological polar surface area (TPSA) is 56.3 Å².